The Kier molecular flexibility index (Phi) is 9.56. The predicted molar refractivity (Wildman–Crippen MR) is 138 cm³/mol. The van der Waals surface area contributed by atoms with E-state index in [4.69, 9.17) is 16.3 Å². The molecule has 0 fully saturated rings. The quantitative estimate of drug-likeness (QED) is 0.293. The van der Waals surface area contributed by atoms with E-state index in [9.17, 15) is 14.4 Å². The molecule has 9 heteroatoms. The molecule has 176 valence electrons. The van der Waals surface area contributed by atoms with Gasteiger partial charge in [0.05, 0.1) is 6.42 Å². The number of halogens is 2. The van der Waals surface area contributed by atoms with Gasteiger partial charge in [-0.3, -0.25) is 14.4 Å². The molecule has 3 aromatic rings. The molecule has 0 bridgehead atoms. The molecule has 3 aromatic carbocycles. The molecule has 0 aliphatic rings. The Bertz CT molecular complexity index is 1170. The fourth-order valence-electron chi connectivity index (χ4n) is 2.86. The highest BCUT2D eigenvalue weighted by Gasteiger charge is 2.12. The van der Waals surface area contributed by atoms with Crippen LogP contribution in [0.2, 0.25) is 5.02 Å². The Morgan fingerprint density at radius 3 is 2.18 bits per heavy atom. The fraction of sp³-hybridized carbons (Fsp3) is 0.160. The molecule has 0 radical (unpaired) electrons. The van der Waals surface area contributed by atoms with Crippen molar-refractivity contribution in [2.75, 3.05) is 17.2 Å². The molecule has 34 heavy (non-hydrogen) atoms. The van der Waals surface area contributed by atoms with Crippen LogP contribution in [-0.2, 0) is 19.1 Å². The van der Waals surface area contributed by atoms with E-state index >= 15 is 0 Å². The maximum Gasteiger partial charge on any atom is 0.306 e. The van der Waals surface area contributed by atoms with Crippen molar-refractivity contribution >= 4 is 68.5 Å². The zero-order chi connectivity index (χ0) is 24.5. The first-order valence-corrected chi connectivity index (χ1v) is 12.3. The van der Waals surface area contributed by atoms with E-state index in [-0.39, 0.29) is 18.7 Å². The van der Waals surface area contributed by atoms with Crippen molar-refractivity contribution in [2.45, 2.75) is 29.6 Å². The number of carbonyl (C=O) groups is 3. The Hall–Kier alpha value is -2.81. The van der Waals surface area contributed by atoms with E-state index in [0.29, 0.717) is 16.4 Å². The zero-order valence-electron chi connectivity index (χ0n) is 18.3. The lowest BCUT2D eigenvalue weighted by Crippen LogP contribution is -2.22. The van der Waals surface area contributed by atoms with Crippen molar-refractivity contribution in [3.05, 3.63) is 81.8 Å². The van der Waals surface area contributed by atoms with E-state index in [1.54, 1.807) is 36.0 Å². The Morgan fingerprint density at radius 2 is 1.53 bits per heavy atom. The molecule has 0 spiro atoms. The van der Waals surface area contributed by atoms with Gasteiger partial charge in [-0.25, -0.2) is 0 Å². The second-order valence-corrected chi connectivity index (χ2v) is 9.80. The second-order valence-electron chi connectivity index (χ2n) is 7.30. The summed E-state index contributed by atoms with van der Waals surface area (Å²) >= 11 is 10.8. The van der Waals surface area contributed by atoms with Gasteiger partial charge < -0.3 is 15.4 Å². The molecule has 2 N–H and O–H groups in total. The fourth-order valence-corrected chi connectivity index (χ4v) is 4.27. The zero-order valence-corrected chi connectivity index (χ0v) is 21.4. The minimum atomic E-state index is -0.618. The van der Waals surface area contributed by atoms with Gasteiger partial charge in [0.15, 0.2) is 6.61 Å². The average molecular weight is 562 g/mol. The molecule has 2 amide bonds. The number of ether oxygens (including phenoxy) is 1. The van der Waals surface area contributed by atoms with Gasteiger partial charge in [-0.15, -0.1) is 0 Å². The number of hydrogen-bond acceptors (Lipinski definition) is 5. The monoisotopic (exact) mass is 560 g/mol. The first-order chi connectivity index (χ1) is 16.3. The SMILES string of the molecule is Cc1cc(Br)ccc1NC(=O)COC(=O)CCC(=O)Nc1ccc(Sc2ccc(Cl)cc2)cc1. The highest BCUT2D eigenvalue weighted by Crippen LogP contribution is 2.29. The molecule has 0 unspecified atom stereocenters. The number of hydrogen-bond donors (Lipinski definition) is 2. The standard InChI is InChI=1S/C25H22BrClN2O4S/c1-16-14-17(26)2-11-22(16)29-24(31)15-33-25(32)13-12-23(30)28-19-5-9-21(10-6-19)34-20-7-3-18(27)4-8-20/h2-11,14H,12-13,15H2,1H3,(H,28,30)(H,29,31). The number of nitrogens with one attached hydrogen (secondary N) is 2. The highest BCUT2D eigenvalue weighted by atomic mass is 79.9. The normalized spacial score (nSPS) is 10.4. The third-order valence-electron chi connectivity index (χ3n) is 4.57. The summed E-state index contributed by atoms with van der Waals surface area (Å²) in [5.41, 5.74) is 2.15. The van der Waals surface area contributed by atoms with Gasteiger partial charge in [-0.1, -0.05) is 39.3 Å². The predicted octanol–water partition coefficient (Wildman–Crippen LogP) is 6.46. The Balaban J connectivity index is 1.37. The van der Waals surface area contributed by atoms with Crippen LogP contribution in [0.1, 0.15) is 18.4 Å². The van der Waals surface area contributed by atoms with Crippen LogP contribution in [0.25, 0.3) is 0 Å². The summed E-state index contributed by atoms with van der Waals surface area (Å²) in [5.74, 6) is -1.38. The smallest absolute Gasteiger partial charge is 0.306 e. The third kappa shape index (κ3) is 8.52. The summed E-state index contributed by atoms with van der Waals surface area (Å²) in [6.07, 6.45) is -0.172. The molecule has 6 nitrogen and oxygen atoms in total. The van der Waals surface area contributed by atoms with Crippen LogP contribution in [0.15, 0.2) is 81.0 Å². The average Bonchev–Trinajstić information content (AvgIpc) is 2.81. The van der Waals surface area contributed by atoms with Crippen LogP contribution in [0.3, 0.4) is 0 Å². The summed E-state index contributed by atoms with van der Waals surface area (Å²) in [5, 5.41) is 6.12. The number of amides is 2. The van der Waals surface area contributed by atoms with Crippen molar-refractivity contribution in [3.63, 3.8) is 0 Å². The Morgan fingerprint density at radius 1 is 0.882 bits per heavy atom. The molecule has 0 saturated heterocycles. The summed E-state index contributed by atoms with van der Waals surface area (Å²) in [7, 11) is 0. The van der Waals surface area contributed by atoms with E-state index in [1.807, 2.05) is 49.4 Å². The van der Waals surface area contributed by atoms with Gasteiger partial charge in [0.2, 0.25) is 5.91 Å². The number of carbonyl (C=O) groups excluding carboxylic acids is 3. The minimum Gasteiger partial charge on any atom is -0.456 e. The minimum absolute atomic E-state index is 0.0481. The lowest BCUT2D eigenvalue weighted by atomic mass is 10.2. The molecule has 0 aliphatic heterocycles. The highest BCUT2D eigenvalue weighted by molar-refractivity contribution is 9.10. The van der Waals surface area contributed by atoms with Crippen molar-refractivity contribution < 1.29 is 19.1 Å². The molecule has 0 aromatic heterocycles. The van der Waals surface area contributed by atoms with Crippen LogP contribution in [0.5, 0.6) is 0 Å². The van der Waals surface area contributed by atoms with Gasteiger partial charge >= 0.3 is 5.97 Å². The number of benzene rings is 3. The summed E-state index contributed by atoms with van der Waals surface area (Å²) in [6, 6.07) is 20.4. The molecular formula is C25H22BrClN2O4S. The lowest BCUT2D eigenvalue weighted by Gasteiger charge is -2.09. The van der Waals surface area contributed by atoms with E-state index in [0.717, 1.165) is 19.8 Å². The van der Waals surface area contributed by atoms with Crippen LogP contribution in [0.4, 0.5) is 11.4 Å². The van der Waals surface area contributed by atoms with E-state index in [2.05, 4.69) is 26.6 Å². The maximum atomic E-state index is 12.1. The van der Waals surface area contributed by atoms with Gasteiger partial charge in [-0.05, 0) is 79.2 Å². The summed E-state index contributed by atoms with van der Waals surface area (Å²) in [6.45, 7) is 1.44. The van der Waals surface area contributed by atoms with Crippen LogP contribution >= 0.6 is 39.3 Å². The van der Waals surface area contributed by atoms with Crippen molar-refractivity contribution in [1.82, 2.24) is 0 Å². The largest absolute Gasteiger partial charge is 0.456 e. The molecule has 0 aliphatic carbocycles. The molecular weight excluding hydrogens is 540 g/mol. The topological polar surface area (TPSA) is 84.5 Å². The number of rotatable bonds is 9. The van der Waals surface area contributed by atoms with Crippen LogP contribution < -0.4 is 10.6 Å². The molecule has 0 heterocycles. The second kappa shape index (κ2) is 12.6. The molecule has 3 rings (SSSR count). The first kappa shape index (κ1) is 25.8. The molecule has 0 saturated carbocycles. The maximum absolute atomic E-state index is 12.1. The van der Waals surface area contributed by atoms with Crippen LogP contribution in [0, 0.1) is 6.92 Å². The van der Waals surface area contributed by atoms with Crippen molar-refractivity contribution in [3.8, 4) is 0 Å². The van der Waals surface area contributed by atoms with E-state index < -0.39 is 18.5 Å². The molecule has 0 atom stereocenters. The number of anilines is 2. The first-order valence-electron chi connectivity index (χ1n) is 10.3. The van der Waals surface area contributed by atoms with Gasteiger partial charge in [-0.2, -0.15) is 0 Å². The van der Waals surface area contributed by atoms with Crippen LogP contribution in [-0.4, -0.2) is 24.4 Å². The van der Waals surface area contributed by atoms with Gasteiger partial charge in [0.1, 0.15) is 0 Å². The number of esters is 1. The Labute approximate surface area is 215 Å². The van der Waals surface area contributed by atoms with Gasteiger partial charge in [0, 0.05) is 37.1 Å². The van der Waals surface area contributed by atoms with E-state index in [1.165, 1.54) is 0 Å². The van der Waals surface area contributed by atoms with Gasteiger partial charge in [0.25, 0.3) is 5.91 Å². The summed E-state index contributed by atoms with van der Waals surface area (Å²) < 4.78 is 5.87. The van der Waals surface area contributed by atoms with Crippen molar-refractivity contribution in [2.24, 2.45) is 0 Å². The van der Waals surface area contributed by atoms with Crippen molar-refractivity contribution in [1.29, 1.82) is 0 Å². The number of aryl methyl sites for hydroxylation is 1. The summed E-state index contributed by atoms with van der Waals surface area (Å²) in [4.78, 5) is 38.1. The third-order valence-corrected chi connectivity index (χ3v) is 6.33. The lowest BCUT2D eigenvalue weighted by molar-refractivity contribution is -0.147.